The van der Waals surface area contributed by atoms with Crippen LogP contribution in [0.1, 0.15) is 5.56 Å². The second-order valence-corrected chi connectivity index (χ2v) is 7.34. The molecule has 3 rings (SSSR count). The molecule has 0 atom stereocenters. The fraction of sp³-hybridized carbons (Fsp3) is 0.158. The van der Waals surface area contributed by atoms with Crippen molar-refractivity contribution >= 4 is 20.8 Å². The Balaban J connectivity index is 1.61. The summed E-state index contributed by atoms with van der Waals surface area (Å²) in [5.74, 6) is 0.727. The molecule has 0 saturated carbocycles. The van der Waals surface area contributed by atoms with Gasteiger partial charge < -0.3 is 4.74 Å². The van der Waals surface area contributed by atoms with Gasteiger partial charge in [0.2, 0.25) is 10.0 Å². The van der Waals surface area contributed by atoms with Gasteiger partial charge in [-0.25, -0.2) is 13.1 Å². The van der Waals surface area contributed by atoms with E-state index in [0.29, 0.717) is 0 Å². The molecule has 3 aromatic carbocycles. The Morgan fingerprint density at radius 1 is 0.917 bits per heavy atom. The molecule has 0 aromatic heterocycles. The van der Waals surface area contributed by atoms with Crippen molar-refractivity contribution in [1.82, 2.24) is 4.72 Å². The Morgan fingerprint density at radius 2 is 1.62 bits per heavy atom. The van der Waals surface area contributed by atoms with Crippen LogP contribution in [0.2, 0.25) is 0 Å². The lowest BCUT2D eigenvalue weighted by molar-refractivity contribution is 0.323. The lowest BCUT2D eigenvalue weighted by Crippen LogP contribution is -2.28. The Labute approximate surface area is 142 Å². The summed E-state index contributed by atoms with van der Waals surface area (Å²) in [6.45, 7) is 2.49. The van der Waals surface area contributed by atoms with E-state index in [9.17, 15) is 8.42 Å². The van der Waals surface area contributed by atoms with Crippen LogP contribution in [-0.2, 0) is 10.0 Å². The molecule has 0 amide bonds. The molecule has 3 aromatic rings. The minimum atomic E-state index is -3.54. The zero-order valence-corrected chi connectivity index (χ0v) is 14.2. The van der Waals surface area contributed by atoms with Crippen molar-refractivity contribution in [3.63, 3.8) is 0 Å². The van der Waals surface area contributed by atoms with Gasteiger partial charge in [-0.3, -0.25) is 0 Å². The van der Waals surface area contributed by atoms with Crippen LogP contribution in [0.5, 0.6) is 5.75 Å². The van der Waals surface area contributed by atoms with Crippen molar-refractivity contribution in [2.45, 2.75) is 11.8 Å². The lowest BCUT2D eigenvalue weighted by Gasteiger charge is -2.09. The predicted octanol–water partition coefficient (Wildman–Crippen LogP) is 3.51. The zero-order valence-electron chi connectivity index (χ0n) is 13.4. The van der Waals surface area contributed by atoms with E-state index in [2.05, 4.69) is 4.72 Å². The number of benzene rings is 3. The highest BCUT2D eigenvalue weighted by atomic mass is 32.2. The molecule has 0 fully saturated rings. The first-order valence-corrected chi connectivity index (χ1v) is 9.21. The van der Waals surface area contributed by atoms with Crippen molar-refractivity contribution in [1.29, 1.82) is 0 Å². The molecule has 0 aliphatic heterocycles. The topological polar surface area (TPSA) is 55.4 Å². The van der Waals surface area contributed by atoms with Gasteiger partial charge in [-0.2, -0.15) is 0 Å². The fourth-order valence-electron chi connectivity index (χ4n) is 2.40. The van der Waals surface area contributed by atoms with Crippen molar-refractivity contribution in [3.05, 3.63) is 72.3 Å². The first kappa shape index (κ1) is 16.5. The smallest absolute Gasteiger partial charge is 0.240 e. The van der Waals surface area contributed by atoms with Crippen LogP contribution in [0, 0.1) is 6.92 Å². The number of rotatable bonds is 6. The molecule has 5 heteroatoms. The predicted molar refractivity (Wildman–Crippen MR) is 95.8 cm³/mol. The van der Waals surface area contributed by atoms with Gasteiger partial charge in [-0.1, -0.05) is 48.0 Å². The molecular formula is C19H19NO3S. The highest BCUT2D eigenvalue weighted by Gasteiger charge is 2.13. The molecule has 0 bridgehead atoms. The number of ether oxygens (including phenoxy) is 1. The second-order valence-electron chi connectivity index (χ2n) is 5.57. The number of aryl methyl sites for hydroxylation is 1. The zero-order chi connectivity index (χ0) is 17.0. The maximum atomic E-state index is 12.4. The summed E-state index contributed by atoms with van der Waals surface area (Å²) in [7, 11) is -3.54. The average molecular weight is 341 g/mol. The van der Waals surface area contributed by atoms with Crippen molar-refractivity contribution in [2.75, 3.05) is 13.2 Å². The summed E-state index contributed by atoms with van der Waals surface area (Å²) in [6, 6.07) is 20.4. The quantitative estimate of drug-likeness (QED) is 0.698. The number of fused-ring (bicyclic) bond motifs is 1. The number of hydrogen-bond acceptors (Lipinski definition) is 3. The van der Waals surface area contributed by atoms with E-state index >= 15 is 0 Å². The van der Waals surface area contributed by atoms with E-state index in [1.165, 1.54) is 0 Å². The van der Waals surface area contributed by atoms with Gasteiger partial charge in [-0.05, 0) is 42.0 Å². The summed E-state index contributed by atoms with van der Waals surface area (Å²) in [5, 5.41) is 1.91. The van der Waals surface area contributed by atoms with Crippen LogP contribution in [0.4, 0.5) is 0 Å². The van der Waals surface area contributed by atoms with E-state index in [1.54, 1.807) is 12.1 Å². The third kappa shape index (κ3) is 3.93. The second kappa shape index (κ2) is 7.03. The van der Waals surface area contributed by atoms with Gasteiger partial charge in [0.05, 0.1) is 4.90 Å². The van der Waals surface area contributed by atoms with Crippen LogP contribution in [0.25, 0.3) is 10.8 Å². The SMILES string of the molecule is Cc1ccc(OCCNS(=O)(=O)c2ccc3ccccc3c2)cc1. The Kier molecular flexibility index (Phi) is 4.83. The highest BCUT2D eigenvalue weighted by Crippen LogP contribution is 2.18. The van der Waals surface area contributed by atoms with E-state index in [0.717, 1.165) is 22.1 Å². The first-order chi connectivity index (χ1) is 11.5. The number of nitrogens with one attached hydrogen (secondary N) is 1. The molecule has 1 N–H and O–H groups in total. The molecule has 0 unspecified atom stereocenters. The normalized spacial score (nSPS) is 11.5. The molecule has 24 heavy (non-hydrogen) atoms. The van der Waals surface area contributed by atoms with Crippen LogP contribution in [-0.4, -0.2) is 21.6 Å². The van der Waals surface area contributed by atoms with Gasteiger partial charge >= 0.3 is 0 Å². The van der Waals surface area contributed by atoms with Crippen LogP contribution < -0.4 is 9.46 Å². The third-order valence-corrected chi connectivity index (χ3v) is 5.17. The minimum absolute atomic E-state index is 0.211. The third-order valence-electron chi connectivity index (χ3n) is 3.72. The molecule has 0 spiro atoms. The van der Waals surface area contributed by atoms with Gasteiger partial charge in [0.25, 0.3) is 0 Å². The van der Waals surface area contributed by atoms with Gasteiger partial charge in [0.1, 0.15) is 12.4 Å². The molecule has 0 aliphatic carbocycles. The molecule has 0 saturated heterocycles. The summed E-state index contributed by atoms with van der Waals surface area (Å²) in [4.78, 5) is 0.261. The molecule has 4 nitrogen and oxygen atoms in total. The Bertz CT molecular complexity index is 934. The monoisotopic (exact) mass is 341 g/mol. The molecular weight excluding hydrogens is 322 g/mol. The van der Waals surface area contributed by atoms with Gasteiger partial charge in [-0.15, -0.1) is 0 Å². The van der Waals surface area contributed by atoms with Gasteiger partial charge in [0, 0.05) is 6.54 Å². The van der Waals surface area contributed by atoms with Crippen LogP contribution in [0.3, 0.4) is 0 Å². The average Bonchev–Trinajstić information content (AvgIpc) is 2.60. The molecule has 0 aliphatic rings. The summed E-state index contributed by atoms with van der Waals surface area (Å²) >= 11 is 0. The molecule has 0 radical (unpaired) electrons. The van der Waals surface area contributed by atoms with Crippen molar-refractivity contribution in [3.8, 4) is 5.75 Å². The lowest BCUT2D eigenvalue weighted by atomic mass is 10.1. The molecule has 124 valence electrons. The number of sulfonamides is 1. The maximum Gasteiger partial charge on any atom is 0.240 e. The van der Waals surface area contributed by atoms with Crippen LogP contribution in [0.15, 0.2) is 71.6 Å². The van der Waals surface area contributed by atoms with Crippen molar-refractivity contribution < 1.29 is 13.2 Å². The van der Waals surface area contributed by atoms with E-state index in [-0.39, 0.29) is 18.0 Å². The Morgan fingerprint density at radius 3 is 2.38 bits per heavy atom. The summed E-state index contributed by atoms with van der Waals surface area (Å²) in [5.41, 5.74) is 1.15. The van der Waals surface area contributed by atoms with Gasteiger partial charge in [0.15, 0.2) is 0 Å². The van der Waals surface area contributed by atoms with E-state index in [4.69, 9.17) is 4.74 Å². The molecule has 0 heterocycles. The highest BCUT2D eigenvalue weighted by molar-refractivity contribution is 7.89. The standard InChI is InChI=1S/C19H19NO3S/c1-15-6-9-18(10-7-15)23-13-12-20-24(21,22)19-11-8-16-4-2-3-5-17(16)14-19/h2-11,14,20H,12-13H2,1H3. The minimum Gasteiger partial charge on any atom is -0.492 e. The Hall–Kier alpha value is -2.37. The van der Waals surface area contributed by atoms with E-state index < -0.39 is 10.0 Å². The van der Waals surface area contributed by atoms with Crippen LogP contribution >= 0.6 is 0 Å². The summed E-state index contributed by atoms with van der Waals surface area (Å²) < 4.78 is 32.8. The van der Waals surface area contributed by atoms with Crippen molar-refractivity contribution in [2.24, 2.45) is 0 Å². The largest absolute Gasteiger partial charge is 0.492 e. The van der Waals surface area contributed by atoms with E-state index in [1.807, 2.05) is 61.5 Å². The fourth-order valence-corrected chi connectivity index (χ4v) is 3.45. The number of hydrogen-bond donors (Lipinski definition) is 1. The maximum absolute atomic E-state index is 12.4. The first-order valence-electron chi connectivity index (χ1n) is 7.72. The summed E-state index contributed by atoms with van der Waals surface area (Å²) in [6.07, 6.45) is 0.